The van der Waals surface area contributed by atoms with Crippen LogP contribution in [0.5, 0.6) is 0 Å². The van der Waals surface area contributed by atoms with Crippen LogP contribution in [0.1, 0.15) is 12.8 Å². The Morgan fingerprint density at radius 2 is 0.389 bits per heavy atom. The summed E-state index contributed by atoms with van der Waals surface area (Å²) in [5.74, 6) is -116. The van der Waals surface area contributed by atoms with E-state index < -0.39 is 200 Å². The molecule has 432 valence electrons. The van der Waals surface area contributed by atoms with E-state index in [0.717, 1.165) is 0 Å². The van der Waals surface area contributed by atoms with Crippen LogP contribution in [0.4, 0.5) is 149 Å². The molecule has 1 fully saturated rings. The van der Waals surface area contributed by atoms with Gasteiger partial charge in [-0.05, 0) is 0 Å². The standard InChI is InChI=1S/C32H32F34N2O4/c33-17(34,19(37,38)21(41,42)23(45,46)25(49,50)27(53,54)29(57,58)31(61,62)63)1-3-67-5-9-69-13-15-71-11-7-68(8-12-72-16-14-70-10-6-67)4-2-18(35,36)20(39,40)22(43,44)24(47,48)26(51,52)28(55,56)30(59,60)32(64,65)66/h1-16H2. The molecule has 0 atom stereocenters. The van der Waals surface area contributed by atoms with Crippen molar-refractivity contribution in [3.63, 3.8) is 0 Å². The molecule has 0 spiro atoms. The van der Waals surface area contributed by atoms with Crippen molar-refractivity contribution in [2.24, 2.45) is 0 Å². The quantitative estimate of drug-likeness (QED) is 0.127. The van der Waals surface area contributed by atoms with Crippen molar-refractivity contribution in [3.05, 3.63) is 0 Å². The van der Waals surface area contributed by atoms with Gasteiger partial charge in [-0.3, -0.25) is 9.80 Å². The fraction of sp³-hybridized carbons (Fsp3) is 1.00. The number of halogens is 34. The van der Waals surface area contributed by atoms with E-state index in [1.54, 1.807) is 0 Å². The van der Waals surface area contributed by atoms with Gasteiger partial charge in [0.25, 0.3) is 0 Å². The molecule has 0 aromatic carbocycles. The highest BCUT2D eigenvalue weighted by Gasteiger charge is 2.97. The van der Waals surface area contributed by atoms with Crippen molar-refractivity contribution in [3.8, 4) is 0 Å². The zero-order valence-electron chi connectivity index (χ0n) is 34.7. The fourth-order valence-electron chi connectivity index (χ4n) is 5.39. The summed E-state index contributed by atoms with van der Waals surface area (Å²) >= 11 is 0. The first kappa shape index (κ1) is 67.4. The summed E-state index contributed by atoms with van der Waals surface area (Å²) in [7, 11) is 0. The zero-order valence-corrected chi connectivity index (χ0v) is 34.7. The Morgan fingerprint density at radius 1 is 0.222 bits per heavy atom. The third kappa shape index (κ3) is 12.0. The molecule has 0 amide bonds. The lowest BCUT2D eigenvalue weighted by Gasteiger charge is -2.43. The first-order valence-corrected chi connectivity index (χ1v) is 18.8. The van der Waals surface area contributed by atoms with Gasteiger partial charge in [0.05, 0.1) is 52.9 Å². The van der Waals surface area contributed by atoms with Crippen molar-refractivity contribution in [2.45, 2.75) is 108 Å². The Kier molecular flexibility index (Phi) is 20.4. The highest BCUT2D eigenvalue weighted by atomic mass is 19.4. The lowest BCUT2D eigenvalue weighted by atomic mass is 9.88. The molecule has 0 unspecified atom stereocenters. The average molecular weight is 1150 g/mol. The summed E-state index contributed by atoms with van der Waals surface area (Å²) in [6, 6.07) is 0. The molecule has 72 heavy (non-hydrogen) atoms. The van der Waals surface area contributed by atoms with E-state index in [1.165, 1.54) is 0 Å². The van der Waals surface area contributed by atoms with E-state index in [0.29, 0.717) is 9.80 Å². The minimum Gasteiger partial charge on any atom is -0.378 e. The third-order valence-corrected chi connectivity index (χ3v) is 10.0. The predicted octanol–water partition coefficient (Wildman–Crippen LogP) is 11.5. The van der Waals surface area contributed by atoms with E-state index >= 15 is 0 Å². The largest absolute Gasteiger partial charge is 0.460 e. The molecule has 1 rings (SSSR count). The van der Waals surface area contributed by atoms with E-state index in [4.69, 9.17) is 18.9 Å². The second kappa shape index (κ2) is 21.8. The van der Waals surface area contributed by atoms with Crippen LogP contribution in [-0.4, -0.2) is 197 Å². The van der Waals surface area contributed by atoms with E-state index in [1.807, 2.05) is 0 Å². The highest BCUT2D eigenvalue weighted by molar-refractivity contribution is 5.16. The number of nitrogens with zero attached hydrogens (tertiary/aromatic N) is 2. The summed E-state index contributed by atoms with van der Waals surface area (Å²) in [4.78, 5) is 0.971. The maximum atomic E-state index is 14.5. The molecule has 1 saturated heterocycles. The first-order chi connectivity index (χ1) is 31.7. The number of hydrogen-bond donors (Lipinski definition) is 0. The summed E-state index contributed by atoms with van der Waals surface area (Å²) in [5.41, 5.74) is 0. The van der Waals surface area contributed by atoms with E-state index in [9.17, 15) is 149 Å². The topological polar surface area (TPSA) is 43.4 Å². The number of alkyl halides is 34. The monoisotopic (exact) mass is 1150 g/mol. The van der Waals surface area contributed by atoms with Crippen LogP contribution in [0, 0.1) is 0 Å². The molecular formula is C32H32F34N2O4. The van der Waals surface area contributed by atoms with Crippen molar-refractivity contribution in [2.75, 3.05) is 92.1 Å². The molecule has 40 heteroatoms. The Balaban J connectivity index is 3.12. The summed E-state index contributed by atoms with van der Waals surface area (Å²) < 4.78 is 483. The van der Waals surface area contributed by atoms with Gasteiger partial charge in [-0.1, -0.05) is 0 Å². The molecule has 6 nitrogen and oxygen atoms in total. The van der Waals surface area contributed by atoms with Crippen LogP contribution >= 0.6 is 0 Å². The van der Waals surface area contributed by atoms with Crippen LogP contribution in [0.25, 0.3) is 0 Å². The smallest absolute Gasteiger partial charge is 0.378 e. The molecule has 0 aromatic heterocycles. The summed E-state index contributed by atoms with van der Waals surface area (Å²) in [6.07, 6.45) is -21.6. The minimum atomic E-state index is -8.84. The van der Waals surface area contributed by atoms with Crippen molar-refractivity contribution in [1.29, 1.82) is 0 Å². The first-order valence-electron chi connectivity index (χ1n) is 18.8. The van der Waals surface area contributed by atoms with Gasteiger partial charge in [0, 0.05) is 52.1 Å². The molecule has 0 radical (unpaired) electrons. The Labute approximate surface area is 379 Å². The molecule has 0 bridgehead atoms. The van der Waals surface area contributed by atoms with Gasteiger partial charge in [0.1, 0.15) is 0 Å². The summed E-state index contributed by atoms with van der Waals surface area (Å²) in [5, 5.41) is 0. The zero-order chi connectivity index (χ0) is 57.3. The Morgan fingerprint density at radius 3 is 0.569 bits per heavy atom. The molecule has 0 N–H and O–H groups in total. The normalized spacial score (nSPS) is 19.6. The number of ether oxygens (including phenoxy) is 4. The highest BCUT2D eigenvalue weighted by Crippen LogP contribution is 2.66. The lowest BCUT2D eigenvalue weighted by molar-refractivity contribution is -0.461. The van der Waals surface area contributed by atoms with Crippen LogP contribution in [-0.2, 0) is 18.9 Å². The maximum absolute atomic E-state index is 14.5. The molecule has 0 saturated carbocycles. The van der Waals surface area contributed by atoms with Gasteiger partial charge >= 0.3 is 95.3 Å². The third-order valence-electron chi connectivity index (χ3n) is 10.0. The van der Waals surface area contributed by atoms with Crippen LogP contribution in [0.3, 0.4) is 0 Å². The van der Waals surface area contributed by atoms with E-state index in [-0.39, 0.29) is 0 Å². The van der Waals surface area contributed by atoms with E-state index in [2.05, 4.69) is 0 Å². The Bertz CT molecular complexity index is 1580. The van der Waals surface area contributed by atoms with Gasteiger partial charge < -0.3 is 18.9 Å². The number of rotatable bonds is 18. The molecule has 1 aliphatic heterocycles. The van der Waals surface area contributed by atoms with Gasteiger partial charge in [-0.15, -0.1) is 0 Å². The fourth-order valence-corrected chi connectivity index (χ4v) is 5.39. The predicted molar refractivity (Wildman–Crippen MR) is 167 cm³/mol. The lowest BCUT2D eigenvalue weighted by Crippen LogP contribution is -2.74. The number of hydrogen-bond acceptors (Lipinski definition) is 6. The molecule has 0 aromatic rings. The Hall–Kier alpha value is -2.62. The van der Waals surface area contributed by atoms with Crippen molar-refractivity contribution < 1.29 is 168 Å². The molecule has 1 heterocycles. The van der Waals surface area contributed by atoms with Crippen molar-refractivity contribution >= 4 is 0 Å². The molecule has 0 aliphatic carbocycles. The second-order valence-electron chi connectivity index (χ2n) is 14.9. The second-order valence-corrected chi connectivity index (χ2v) is 14.9. The van der Waals surface area contributed by atoms with Gasteiger partial charge in [0.2, 0.25) is 0 Å². The van der Waals surface area contributed by atoms with Gasteiger partial charge in [-0.2, -0.15) is 149 Å². The average Bonchev–Trinajstić information content (AvgIpc) is 3.20. The maximum Gasteiger partial charge on any atom is 0.460 e. The molecule has 1 aliphatic rings. The summed E-state index contributed by atoms with van der Waals surface area (Å²) in [6.45, 7) is -12.7. The van der Waals surface area contributed by atoms with Gasteiger partial charge in [-0.25, -0.2) is 0 Å². The SMILES string of the molecule is FC(F)(F)C(F)(F)C(F)(F)C(F)(F)C(F)(F)C(F)(F)C(F)(F)C(F)(F)CCN1CCOCCOCCN(CCC(F)(F)C(F)(F)C(F)(F)C(F)(F)C(F)(F)C(F)(F)C(F)(F)C(F)(F)F)CCOCCOCC1. The van der Waals surface area contributed by atoms with Gasteiger partial charge in [0.15, 0.2) is 0 Å². The van der Waals surface area contributed by atoms with Crippen LogP contribution in [0.2, 0.25) is 0 Å². The molecular weight excluding hydrogens is 1120 g/mol. The van der Waals surface area contributed by atoms with Crippen molar-refractivity contribution in [1.82, 2.24) is 9.80 Å². The minimum absolute atomic E-state index is 0.485. The van der Waals surface area contributed by atoms with Crippen LogP contribution < -0.4 is 0 Å². The van der Waals surface area contributed by atoms with Crippen LogP contribution in [0.15, 0.2) is 0 Å².